The molecule has 1 aromatic rings. The summed E-state index contributed by atoms with van der Waals surface area (Å²) in [5.74, 6) is 5.02. The van der Waals surface area contributed by atoms with E-state index in [0.29, 0.717) is 10.6 Å². The largest absolute Gasteiger partial charge is 0.271 e. The molecule has 0 heterocycles. The van der Waals surface area contributed by atoms with Crippen molar-refractivity contribution in [3.05, 3.63) is 33.3 Å². The van der Waals surface area contributed by atoms with Crippen molar-refractivity contribution >= 4 is 27.5 Å². The number of halogens is 4. The molecule has 0 fully saturated rings. The number of rotatable bonds is 4. The summed E-state index contributed by atoms with van der Waals surface area (Å²) in [6, 6.07) is 4.03. The molecule has 0 radical (unpaired) electrons. The van der Waals surface area contributed by atoms with Crippen molar-refractivity contribution in [1.29, 1.82) is 0 Å². The lowest BCUT2D eigenvalue weighted by atomic mass is 10.1. The van der Waals surface area contributed by atoms with Gasteiger partial charge in [-0.05, 0) is 24.1 Å². The van der Waals surface area contributed by atoms with Crippen LogP contribution in [0.5, 0.6) is 0 Å². The highest BCUT2D eigenvalue weighted by atomic mass is 79.9. The SMILES string of the molecule is NNC(Cc1ccc(Br)cc1Cl)C(F)F. The van der Waals surface area contributed by atoms with Crippen molar-refractivity contribution in [3.8, 4) is 0 Å². The fourth-order valence-corrected chi connectivity index (χ4v) is 1.90. The Bertz CT molecular complexity index is 336. The van der Waals surface area contributed by atoms with E-state index in [-0.39, 0.29) is 6.42 Å². The minimum absolute atomic E-state index is 0.0975. The summed E-state index contributed by atoms with van der Waals surface area (Å²) >= 11 is 9.13. The molecule has 0 aliphatic heterocycles. The third-order valence-corrected chi connectivity index (χ3v) is 2.82. The zero-order valence-electron chi connectivity index (χ0n) is 7.68. The maximum absolute atomic E-state index is 12.4. The summed E-state index contributed by atoms with van der Waals surface area (Å²) < 4.78 is 25.6. The van der Waals surface area contributed by atoms with E-state index in [0.717, 1.165) is 4.47 Å². The zero-order valence-corrected chi connectivity index (χ0v) is 10.0. The number of benzene rings is 1. The van der Waals surface area contributed by atoms with Crippen LogP contribution in [0.15, 0.2) is 22.7 Å². The van der Waals surface area contributed by atoms with Gasteiger partial charge in [0.05, 0.1) is 6.04 Å². The average molecular weight is 300 g/mol. The monoisotopic (exact) mass is 298 g/mol. The molecule has 1 unspecified atom stereocenters. The van der Waals surface area contributed by atoms with Gasteiger partial charge in [0.25, 0.3) is 6.43 Å². The molecule has 0 aliphatic rings. The van der Waals surface area contributed by atoms with Gasteiger partial charge >= 0.3 is 0 Å². The van der Waals surface area contributed by atoms with Crippen molar-refractivity contribution in [1.82, 2.24) is 5.43 Å². The lowest BCUT2D eigenvalue weighted by Crippen LogP contribution is -2.42. The first kappa shape index (κ1) is 12.8. The van der Waals surface area contributed by atoms with Gasteiger partial charge in [0.1, 0.15) is 0 Å². The van der Waals surface area contributed by atoms with Gasteiger partial charge in [-0.3, -0.25) is 11.3 Å². The lowest BCUT2D eigenvalue weighted by molar-refractivity contribution is 0.0984. The molecule has 84 valence electrons. The van der Waals surface area contributed by atoms with Gasteiger partial charge in [0.15, 0.2) is 0 Å². The zero-order chi connectivity index (χ0) is 11.4. The second-order valence-corrected chi connectivity index (χ2v) is 4.37. The number of hydrogen-bond donors (Lipinski definition) is 2. The molecule has 0 amide bonds. The average Bonchev–Trinajstić information content (AvgIpc) is 2.16. The highest BCUT2D eigenvalue weighted by Gasteiger charge is 2.20. The first-order valence-electron chi connectivity index (χ1n) is 4.22. The van der Waals surface area contributed by atoms with Crippen molar-refractivity contribution in [2.75, 3.05) is 0 Å². The van der Waals surface area contributed by atoms with Crippen LogP contribution < -0.4 is 11.3 Å². The van der Waals surface area contributed by atoms with Crippen molar-refractivity contribution < 1.29 is 8.78 Å². The summed E-state index contributed by atoms with van der Waals surface area (Å²) in [5.41, 5.74) is 2.71. The molecular formula is C9H10BrClF2N2. The Labute approximate surface area is 99.9 Å². The fourth-order valence-electron chi connectivity index (χ4n) is 1.14. The van der Waals surface area contributed by atoms with E-state index in [1.54, 1.807) is 18.2 Å². The number of nitrogens with one attached hydrogen (secondary N) is 1. The van der Waals surface area contributed by atoms with Crippen LogP contribution in [0.2, 0.25) is 5.02 Å². The highest BCUT2D eigenvalue weighted by molar-refractivity contribution is 9.10. The minimum atomic E-state index is -2.52. The van der Waals surface area contributed by atoms with E-state index in [9.17, 15) is 8.78 Å². The molecule has 0 spiro atoms. The van der Waals surface area contributed by atoms with Crippen LogP contribution >= 0.6 is 27.5 Å². The number of hydrazine groups is 1. The third-order valence-electron chi connectivity index (χ3n) is 1.97. The molecule has 15 heavy (non-hydrogen) atoms. The molecular weight excluding hydrogens is 289 g/mol. The summed E-state index contributed by atoms with van der Waals surface area (Å²) in [5, 5.41) is 0.449. The molecule has 0 bridgehead atoms. The smallest absolute Gasteiger partial charge is 0.255 e. The van der Waals surface area contributed by atoms with E-state index in [2.05, 4.69) is 21.4 Å². The molecule has 1 atom stereocenters. The molecule has 1 rings (SSSR count). The van der Waals surface area contributed by atoms with E-state index in [1.165, 1.54) is 0 Å². The predicted molar refractivity (Wildman–Crippen MR) is 60.0 cm³/mol. The molecule has 0 saturated carbocycles. The van der Waals surface area contributed by atoms with Crippen LogP contribution in [0, 0.1) is 0 Å². The van der Waals surface area contributed by atoms with Crippen LogP contribution in [-0.4, -0.2) is 12.5 Å². The van der Waals surface area contributed by atoms with Crippen molar-refractivity contribution in [2.45, 2.75) is 18.9 Å². The molecule has 6 heteroatoms. The Kier molecular flexibility index (Phi) is 4.92. The Morgan fingerprint density at radius 1 is 1.47 bits per heavy atom. The maximum atomic E-state index is 12.4. The minimum Gasteiger partial charge on any atom is -0.271 e. The predicted octanol–water partition coefficient (Wildman–Crippen LogP) is 2.74. The Morgan fingerprint density at radius 2 is 2.13 bits per heavy atom. The Balaban J connectivity index is 2.79. The van der Waals surface area contributed by atoms with Gasteiger partial charge in [-0.25, -0.2) is 8.78 Å². The van der Waals surface area contributed by atoms with E-state index in [4.69, 9.17) is 17.4 Å². The summed E-state index contributed by atoms with van der Waals surface area (Å²) in [4.78, 5) is 0. The van der Waals surface area contributed by atoms with Gasteiger partial charge in [-0.2, -0.15) is 0 Å². The quantitative estimate of drug-likeness (QED) is 0.663. The molecule has 0 saturated heterocycles. The third kappa shape index (κ3) is 3.68. The Hall–Kier alpha value is -0.230. The van der Waals surface area contributed by atoms with Crippen LogP contribution in [0.25, 0.3) is 0 Å². The molecule has 0 aliphatic carbocycles. The summed E-state index contributed by atoms with van der Waals surface area (Å²) in [6.45, 7) is 0. The van der Waals surface area contributed by atoms with Gasteiger partial charge in [-0.1, -0.05) is 33.6 Å². The molecule has 0 aromatic heterocycles. The normalized spacial score (nSPS) is 13.2. The topological polar surface area (TPSA) is 38.0 Å². The van der Waals surface area contributed by atoms with E-state index in [1.807, 2.05) is 0 Å². The van der Waals surface area contributed by atoms with Gasteiger partial charge in [0.2, 0.25) is 0 Å². The second-order valence-electron chi connectivity index (χ2n) is 3.05. The van der Waals surface area contributed by atoms with E-state index < -0.39 is 12.5 Å². The van der Waals surface area contributed by atoms with Gasteiger partial charge in [-0.15, -0.1) is 0 Å². The van der Waals surface area contributed by atoms with Crippen LogP contribution in [-0.2, 0) is 6.42 Å². The molecule has 2 nitrogen and oxygen atoms in total. The fraction of sp³-hybridized carbons (Fsp3) is 0.333. The van der Waals surface area contributed by atoms with Crippen LogP contribution in [0.3, 0.4) is 0 Å². The van der Waals surface area contributed by atoms with Crippen LogP contribution in [0.1, 0.15) is 5.56 Å². The summed E-state index contributed by atoms with van der Waals surface area (Å²) in [7, 11) is 0. The van der Waals surface area contributed by atoms with Gasteiger partial charge in [0, 0.05) is 9.50 Å². The first-order valence-corrected chi connectivity index (χ1v) is 5.40. The van der Waals surface area contributed by atoms with Gasteiger partial charge < -0.3 is 0 Å². The van der Waals surface area contributed by atoms with E-state index >= 15 is 0 Å². The maximum Gasteiger partial charge on any atom is 0.255 e. The number of nitrogens with two attached hydrogens (primary N) is 1. The molecule has 3 N–H and O–H groups in total. The number of hydrogen-bond acceptors (Lipinski definition) is 2. The first-order chi connectivity index (χ1) is 7.04. The molecule has 1 aromatic carbocycles. The second kappa shape index (κ2) is 5.75. The van der Waals surface area contributed by atoms with Crippen LogP contribution in [0.4, 0.5) is 8.78 Å². The summed E-state index contributed by atoms with van der Waals surface area (Å²) in [6.07, 6.45) is -2.42. The van der Waals surface area contributed by atoms with Crippen molar-refractivity contribution in [3.63, 3.8) is 0 Å². The number of alkyl halides is 2. The highest BCUT2D eigenvalue weighted by Crippen LogP contribution is 2.23. The van der Waals surface area contributed by atoms with Crippen molar-refractivity contribution in [2.24, 2.45) is 5.84 Å². The standard InChI is InChI=1S/C9H10BrClF2N2/c10-6-2-1-5(7(11)4-6)3-8(15-14)9(12)13/h1-2,4,8-9,15H,3,14H2. The lowest BCUT2D eigenvalue weighted by Gasteiger charge is -2.15. The Morgan fingerprint density at radius 3 is 2.60 bits per heavy atom.